The van der Waals surface area contributed by atoms with Crippen LogP contribution < -0.4 is 10.1 Å². The largest absolute Gasteiger partial charge is 0.495 e. The van der Waals surface area contributed by atoms with Gasteiger partial charge in [-0.05, 0) is 35.9 Å². The van der Waals surface area contributed by atoms with E-state index in [9.17, 15) is 4.39 Å². The van der Waals surface area contributed by atoms with Crippen LogP contribution in [0.1, 0.15) is 5.56 Å². The molecule has 2 nitrogen and oxygen atoms in total. The van der Waals surface area contributed by atoms with Crippen molar-refractivity contribution in [2.75, 3.05) is 12.4 Å². The highest BCUT2D eigenvalue weighted by Gasteiger charge is 2.03. The van der Waals surface area contributed by atoms with Crippen LogP contribution in [0, 0.1) is 5.82 Å². The molecule has 0 fully saturated rings. The molecule has 0 bridgehead atoms. The molecule has 0 aliphatic rings. The molecule has 0 aliphatic carbocycles. The Kier molecular flexibility index (Phi) is 4.51. The lowest BCUT2D eigenvalue weighted by molar-refractivity contribution is 0.415. The monoisotopic (exact) mass is 299 g/mol. The second-order valence-electron chi connectivity index (χ2n) is 3.95. The molecular formula is C14H12Cl2FNO. The first-order valence-corrected chi connectivity index (χ1v) is 6.37. The molecule has 0 spiro atoms. The summed E-state index contributed by atoms with van der Waals surface area (Å²) in [6.45, 7) is 0.533. The van der Waals surface area contributed by atoms with E-state index in [1.54, 1.807) is 25.3 Å². The van der Waals surface area contributed by atoms with E-state index in [0.717, 1.165) is 5.56 Å². The van der Waals surface area contributed by atoms with Crippen LogP contribution in [-0.2, 0) is 6.54 Å². The van der Waals surface area contributed by atoms with Gasteiger partial charge in [-0.3, -0.25) is 0 Å². The molecule has 0 saturated heterocycles. The number of nitrogens with one attached hydrogen (secondary N) is 1. The van der Waals surface area contributed by atoms with Crippen molar-refractivity contribution < 1.29 is 9.13 Å². The normalized spacial score (nSPS) is 10.3. The standard InChI is InChI=1S/C14H12Cl2FNO/c1-19-14-5-2-9(6-12(14)16)8-18-10-3-4-11(15)13(17)7-10/h2-7,18H,8H2,1H3. The Morgan fingerprint density at radius 2 is 1.89 bits per heavy atom. The fourth-order valence-electron chi connectivity index (χ4n) is 1.63. The zero-order valence-electron chi connectivity index (χ0n) is 10.2. The molecule has 0 radical (unpaired) electrons. The minimum atomic E-state index is -0.445. The van der Waals surface area contributed by atoms with Gasteiger partial charge in [-0.25, -0.2) is 4.39 Å². The van der Waals surface area contributed by atoms with Crippen molar-refractivity contribution in [2.45, 2.75) is 6.54 Å². The van der Waals surface area contributed by atoms with Crippen LogP contribution in [0.3, 0.4) is 0 Å². The first-order valence-electron chi connectivity index (χ1n) is 5.61. The third-order valence-electron chi connectivity index (χ3n) is 2.63. The van der Waals surface area contributed by atoms with E-state index in [0.29, 0.717) is 23.0 Å². The van der Waals surface area contributed by atoms with Gasteiger partial charge in [0.25, 0.3) is 0 Å². The summed E-state index contributed by atoms with van der Waals surface area (Å²) in [7, 11) is 1.57. The van der Waals surface area contributed by atoms with Crippen LogP contribution in [0.25, 0.3) is 0 Å². The Bertz CT molecular complexity index is 590. The van der Waals surface area contributed by atoms with Gasteiger partial charge >= 0.3 is 0 Å². The van der Waals surface area contributed by atoms with Crippen molar-refractivity contribution in [1.29, 1.82) is 0 Å². The van der Waals surface area contributed by atoms with Crippen molar-refractivity contribution in [3.8, 4) is 5.75 Å². The Balaban J connectivity index is 2.05. The van der Waals surface area contributed by atoms with Crippen LogP contribution in [0.15, 0.2) is 36.4 Å². The molecule has 0 amide bonds. The van der Waals surface area contributed by atoms with Gasteiger partial charge in [0, 0.05) is 12.2 Å². The Labute approximate surface area is 121 Å². The first-order chi connectivity index (χ1) is 9.10. The summed E-state index contributed by atoms with van der Waals surface area (Å²) in [5.41, 5.74) is 1.63. The topological polar surface area (TPSA) is 21.3 Å². The molecule has 0 heterocycles. The molecule has 2 aromatic rings. The Morgan fingerprint density at radius 3 is 2.53 bits per heavy atom. The minimum absolute atomic E-state index is 0.109. The molecule has 0 saturated carbocycles. The molecule has 0 aliphatic heterocycles. The van der Waals surface area contributed by atoms with E-state index in [-0.39, 0.29) is 5.02 Å². The maximum Gasteiger partial charge on any atom is 0.143 e. The zero-order valence-corrected chi connectivity index (χ0v) is 11.7. The lowest BCUT2D eigenvalue weighted by Gasteiger charge is -2.09. The number of methoxy groups -OCH3 is 1. The summed E-state index contributed by atoms with van der Waals surface area (Å²) in [6, 6.07) is 10.1. The quantitative estimate of drug-likeness (QED) is 0.879. The number of hydrogen-bond donors (Lipinski definition) is 1. The van der Waals surface area contributed by atoms with Gasteiger partial charge in [0.2, 0.25) is 0 Å². The summed E-state index contributed by atoms with van der Waals surface area (Å²) in [6.07, 6.45) is 0. The molecule has 19 heavy (non-hydrogen) atoms. The number of anilines is 1. The Hall–Kier alpha value is -1.45. The summed E-state index contributed by atoms with van der Waals surface area (Å²) < 4.78 is 18.3. The average molecular weight is 300 g/mol. The number of ether oxygens (including phenoxy) is 1. The van der Waals surface area contributed by atoms with Gasteiger partial charge in [-0.15, -0.1) is 0 Å². The van der Waals surface area contributed by atoms with E-state index in [1.165, 1.54) is 12.1 Å². The van der Waals surface area contributed by atoms with Crippen molar-refractivity contribution in [1.82, 2.24) is 0 Å². The minimum Gasteiger partial charge on any atom is -0.495 e. The van der Waals surface area contributed by atoms with E-state index < -0.39 is 5.82 Å². The van der Waals surface area contributed by atoms with Crippen LogP contribution in [0.2, 0.25) is 10.0 Å². The lowest BCUT2D eigenvalue weighted by Crippen LogP contribution is -2.00. The summed E-state index contributed by atoms with van der Waals surface area (Å²) in [5.74, 6) is 0.183. The van der Waals surface area contributed by atoms with Crippen LogP contribution in [-0.4, -0.2) is 7.11 Å². The highest BCUT2D eigenvalue weighted by molar-refractivity contribution is 6.32. The van der Waals surface area contributed by atoms with Crippen molar-refractivity contribution in [3.63, 3.8) is 0 Å². The Morgan fingerprint density at radius 1 is 1.11 bits per heavy atom. The summed E-state index contributed by atoms with van der Waals surface area (Å²) in [5, 5.41) is 3.75. The smallest absolute Gasteiger partial charge is 0.143 e. The SMILES string of the molecule is COc1ccc(CNc2ccc(Cl)c(F)c2)cc1Cl. The van der Waals surface area contributed by atoms with Gasteiger partial charge in [-0.2, -0.15) is 0 Å². The molecular weight excluding hydrogens is 288 g/mol. The molecule has 2 rings (SSSR count). The number of hydrogen-bond acceptors (Lipinski definition) is 2. The van der Waals surface area contributed by atoms with Crippen LogP contribution in [0.5, 0.6) is 5.75 Å². The van der Waals surface area contributed by atoms with Crippen LogP contribution >= 0.6 is 23.2 Å². The van der Waals surface area contributed by atoms with E-state index >= 15 is 0 Å². The fourth-order valence-corrected chi connectivity index (χ4v) is 2.03. The second kappa shape index (κ2) is 6.13. The van der Waals surface area contributed by atoms with Gasteiger partial charge in [0.15, 0.2) is 0 Å². The number of benzene rings is 2. The van der Waals surface area contributed by atoms with Gasteiger partial charge < -0.3 is 10.1 Å². The predicted molar refractivity (Wildman–Crippen MR) is 76.7 cm³/mol. The lowest BCUT2D eigenvalue weighted by atomic mass is 10.2. The van der Waals surface area contributed by atoms with Gasteiger partial charge in [0.1, 0.15) is 11.6 Å². The average Bonchev–Trinajstić information content (AvgIpc) is 2.40. The molecule has 5 heteroatoms. The molecule has 100 valence electrons. The predicted octanol–water partition coefficient (Wildman–Crippen LogP) is 4.75. The summed E-state index contributed by atoms with van der Waals surface area (Å²) in [4.78, 5) is 0. The van der Waals surface area contributed by atoms with Crippen molar-refractivity contribution in [2.24, 2.45) is 0 Å². The number of rotatable bonds is 4. The third-order valence-corrected chi connectivity index (χ3v) is 3.23. The van der Waals surface area contributed by atoms with E-state index in [1.807, 2.05) is 6.07 Å². The molecule has 2 aromatic carbocycles. The first kappa shape index (κ1) is 14.0. The van der Waals surface area contributed by atoms with Gasteiger partial charge in [-0.1, -0.05) is 29.3 Å². The maximum absolute atomic E-state index is 13.3. The van der Waals surface area contributed by atoms with E-state index in [4.69, 9.17) is 27.9 Å². The van der Waals surface area contributed by atoms with Crippen LogP contribution in [0.4, 0.5) is 10.1 Å². The fraction of sp³-hybridized carbons (Fsp3) is 0.143. The molecule has 0 unspecified atom stereocenters. The highest BCUT2D eigenvalue weighted by Crippen LogP contribution is 2.25. The second-order valence-corrected chi connectivity index (χ2v) is 4.77. The number of halogens is 3. The van der Waals surface area contributed by atoms with Crippen molar-refractivity contribution in [3.05, 3.63) is 57.8 Å². The van der Waals surface area contributed by atoms with E-state index in [2.05, 4.69) is 5.32 Å². The van der Waals surface area contributed by atoms with Gasteiger partial charge in [0.05, 0.1) is 17.2 Å². The molecule has 0 atom stereocenters. The third kappa shape index (κ3) is 3.52. The zero-order chi connectivity index (χ0) is 13.8. The van der Waals surface area contributed by atoms with Crippen molar-refractivity contribution >= 4 is 28.9 Å². The molecule has 1 N–H and O–H groups in total. The highest BCUT2D eigenvalue weighted by atomic mass is 35.5. The molecule has 0 aromatic heterocycles. The maximum atomic E-state index is 13.3. The summed E-state index contributed by atoms with van der Waals surface area (Å²) >= 11 is 11.6.